The van der Waals surface area contributed by atoms with Crippen LogP contribution < -0.4 is 16.0 Å². The van der Waals surface area contributed by atoms with Gasteiger partial charge in [-0.25, -0.2) is 4.79 Å². The third-order valence-electron chi connectivity index (χ3n) is 5.72. The molecule has 0 radical (unpaired) electrons. The van der Waals surface area contributed by atoms with Gasteiger partial charge in [0.05, 0.1) is 0 Å². The average molecular weight is 437 g/mol. The third kappa shape index (κ3) is 8.00. The Labute approximate surface area is 191 Å². The van der Waals surface area contributed by atoms with Crippen molar-refractivity contribution >= 4 is 17.6 Å². The van der Waals surface area contributed by atoms with Crippen LogP contribution in [0, 0.1) is 5.92 Å². The molecule has 0 bridgehead atoms. The summed E-state index contributed by atoms with van der Waals surface area (Å²) in [5, 5.41) is 8.88. The van der Waals surface area contributed by atoms with E-state index in [1.165, 1.54) is 12.8 Å². The van der Waals surface area contributed by atoms with Crippen LogP contribution in [0.3, 0.4) is 0 Å². The number of likely N-dealkylation sites (tertiary alicyclic amines) is 1. The Hall–Kier alpha value is -2.86. The van der Waals surface area contributed by atoms with E-state index < -0.39 is 0 Å². The molecule has 0 spiro atoms. The summed E-state index contributed by atoms with van der Waals surface area (Å²) in [6.45, 7) is 8.00. The van der Waals surface area contributed by atoms with Crippen molar-refractivity contribution in [3.63, 3.8) is 0 Å². The molecule has 3 amide bonds. The first-order valence-corrected chi connectivity index (χ1v) is 11.7. The molecule has 1 aliphatic rings. The van der Waals surface area contributed by atoms with E-state index in [4.69, 9.17) is 0 Å². The van der Waals surface area contributed by atoms with Gasteiger partial charge in [-0.1, -0.05) is 56.3 Å². The minimum Gasteiger partial charge on any atom is -0.355 e. The number of amides is 3. The van der Waals surface area contributed by atoms with Gasteiger partial charge in [0.15, 0.2) is 0 Å². The number of anilines is 1. The van der Waals surface area contributed by atoms with Crippen LogP contribution in [0.2, 0.25) is 0 Å². The van der Waals surface area contributed by atoms with Crippen LogP contribution in [0.5, 0.6) is 0 Å². The molecular weight excluding hydrogens is 400 g/mol. The molecule has 0 aliphatic carbocycles. The summed E-state index contributed by atoms with van der Waals surface area (Å²) in [6, 6.07) is 17.4. The zero-order chi connectivity index (χ0) is 22.8. The Bertz CT molecular complexity index is 846. The van der Waals surface area contributed by atoms with E-state index in [1.54, 1.807) is 0 Å². The van der Waals surface area contributed by atoms with Crippen molar-refractivity contribution in [3.8, 4) is 11.1 Å². The lowest BCUT2D eigenvalue weighted by atomic mass is 10.0. The van der Waals surface area contributed by atoms with Crippen molar-refractivity contribution in [2.24, 2.45) is 5.92 Å². The standard InChI is InChI=1S/C26H36N4O2/c1-20(2)18-24(19-25(31)27-14-17-30-15-6-7-16-30)29-26(32)28-23-12-10-22(11-13-23)21-8-4-3-5-9-21/h3-5,8-13,20,24H,6-7,14-19H2,1-2H3,(H,27,31)(H2,28,29,32). The molecule has 2 aromatic carbocycles. The van der Waals surface area contributed by atoms with Crippen LogP contribution in [0.1, 0.15) is 39.5 Å². The lowest BCUT2D eigenvalue weighted by Crippen LogP contribution is -2.43. The van der Waals surface area contributed by atoms with E-state index in [1.807, 2.05) is 42.5 Å². The summed E-state index contributed by atoms with van der Waals surface area (Å²) in [6.07, 6.45) is 3.54. The monoisotopic (exact) mass is 436 g/mol. The molecule has 172 valence electrons. The molecule has 3 rings (SSSR count). The quantitative estimate of drug-likeness (QED) is 0.514. The summed E-state index contributed by atoms with van der Waals surface area (Å²) >= 11 is 0. The number of benzene rings is 2. The van der Waals surface area contributed by atoms with Gasteiger partial charge in [0.1, 0.15) is 0 Å². The minimum absolute atomic E-state index is 0.0117. The topological polar surface area (TPSA) is 73.5 Å². The third-order valence-corrected chi connectivity index (χ3v) is 5.72. The van der Waals surface area contributed by atoms with Gasteiger partial charge in [-0.15, -0.1) is 0 Å². The first kappa shape index (κ1) is 23.8. The Morgan fingerprint density at radius 3 is 2.25 bits per heavy atom. The highest BCUT2D eigenvalue weighted by molar-refractivity contribution is 5.90. The van der Waals surface area contributed by atoms with Gasteiger partial charge in [0.25, 0.3) is 0 Å². The van der Waals surface area contributed by atoms with Crippen molar-refractivity contribution in [1.82, 2.24) is 15.5 Å². The summed E-state index contributed by atoms with van der Waals surface area (Å²) < 4.78 is 0. The van der Waals surface area contributed by atoms with Crippen LogP contribution >= 0.6 is 0 Å². The van der Waals surface area contributed by atoms with Crippen molar-refractivity contribution in [2.75, 3.05) is 31.5 Å². The molecule has 1 aliphatic heterocycles. The second kappa shape index (κ2) is 12.2. The minimum atomic E-state index is -0.284. The SMILES string of the molecule is CC(C)CC(CC(=O)NCCN1CCCC1)NC(=O)Nc1ccc(-c2ccccc2)cc1. The van der Waals surface area contributed by atoms with E-state index >= 15 is 0 Å². The summed E-state index contributed by atoms with van der Waals surface area (Å²) in [5.41, 5.74) is 2.96. The van der Waals surface area contributed by atoms with E-state index in [2.05, 4.69) is 46.8 Å². The largest absolute Gasteiger partial charge is 0.355 e. The maximum absolute atomic E-state index is 12.6. The van der Waals surface area contributed by atoms with Crippen molar-refractivity contribution in [2.45, 2.75) is 45.6 Å². The normalized spacial score (nSPS) is 14.8. The predicted octanol–water partition coefficient (Wildman–Crippen LogP) is 4.49. The first-order valence-electron chi connectivity index (χ1n) is 11.7. The highest BCUT2D eigenvalue weighted by atomic mass is 16.2. The zero-order valence-corrected chi connectivity index (χ0v) is 19.3. The van der Waals surface area contributed by atoms with Gasteiger partial charge in [0, 0.05) is 31.2 Å². The molecular formula is C26H36N4O2. The highest BCUT2D eigenvalue weighted by Crippen LogP contribution is 2.21. The molecule has 6 heteroatoms. The average Bonchev–Trinajstić information content (AvgIpc) is 3.28. The number of nitrogens with zero attached hydrogens (tertiary/aromatic N) is 1. The van der Waals surface area contributed by atoms with Gasteiger partial charge < -0.3 is 20.9 Å². The fraction of sp³-hybridized carbons (Fsp3) is 0.462. The number of hydrogen-bond donors (Lipinski definition) is 3. The molecule has 1 heterocycles. The fourth-order valence-corrected chi connectivity index (χ4v) is 4.15. The molecule has 1 saturated heterocycles. The van der Waals surface area contributed by atoms with Gasteiger partial charge in [-0.2, -0.15) is 0 Å². The smallest absolute Gasteiger partial charge is 0.319 e. The van der Waals surface area contributed by atoms with Gasteiger partial charge >= 0.3 is 6.03 Å². The lowest BCUT2D eigenvalue weighted by Gasteiger charge is -2.21. The van der Waals surface area contributed by atoms with Gasteiger partial charge in [-0.3, -0.25) is 4.79 Å². The molecule has 3 N–H and O–H groups in total. The Kier molecular flexibility index (Phi) is 9.11. The Morgan fingerprint density at radius 2 is 1.59 bits per heavy atom. The van der Waals surface area contributed by atoms with E-state index in [0.29, 0.717) is 18.9 Å². The molecule has 2 aromatic rings. The number of rotatable bonds is 10. The predicted molar refractivity (Wildman–Crippen MR) is 131 cm³/mol. The zero-order valence-electron chi connectivity index (χ0n) is 19.3. The number of urea groups is 1. The number of nitrogens with one attached hydrogen (secondary N) is 3. The van der Waals surface area contributed by atoms with E-state index in [0.717, 1.165) is 42.9 Å². The Balaban J connectivity index is 1.47. The lowest BCUT2D eigenvalue weighted by molar-refractivity contribution is -0.121. The maximum atomic E-state index is 12.6. The van der Waals surface area contributed by atoms with Gasteiger partial charge in [0.2, 0.25) is 5.91 Å². The van der Waals surface area contributed by atoms with Gasteiger partial charge in [-0.05, 0) is 61.5 Å². The van der Waals surface area contributed by atoms with E-state index in [9.17, 15) is 9.59 Å². The van der Waals surface area contributed by atoms with Crippen LogP contribution in [0.4, 0.5) is 10.5 Å². The molecule has 1 fully saturated rings. The van der Waals surface area contributed by atoms with Crippen LogP contribution in [-0.4, -0.2) is 49.1 Å². The van der Waals surface area contributed by atoms with Crippen molar-refractivity contribution in [1.29, 1.82) is 0 Å². The number of hydrogen-bond acceptors (Lipinski definition) is 3. The summed E-state index contributed by atoms with van der Waals surface area (Å²) in [7, 11) is 0. The highest BCUT2D eigenvalue weighted by Gasteiger charge is 2.18. The van der Waals surface area contributed by atoms with Crippen LogP contribution in [-0.2, 0) is 4.79 Å². The molecule has 1 unspecified atom stereocenters. The fourth-order valence-electron chi connectivity index (χ4n) is 4.15. The second-order valence-electron chi connectivity index (χ2n) is 8.97. The van der Waals surface area contributed by atoms with Crippen LogP contribution in [0.15, 0.2) is 54.6 Å². The molecule has 6 nitrogen and oxygen atoms in total. The molecule has 0 saturated carbocycles. The van der Waals surface area contributed by atoms with Crippen LogP contribution in [0.25, 0.3) is 11.1 Å². The number of carbonyl (C=O) groups is 2. The Morgan fingerprint density at radius 1 is 0.938 bits per heavy atom. The molecule has 1 atom stereocenters. The molecule has 0 aromatic heterocycles. The van der Waals surface area contributed by atoms with Crippen molar-refractivity contribution < 1.29 is 9.59 Å². The summed E-state index contributed by atoms with van der Waals surface area (Å²) in [5.74, 6) is 0.366. The van der Waals surface area contributed by atoms with Crippen molar-refractivity contribution in [3.05, 3.63) is 54.6 Å². The maximum Gasteiger partial charge on any atom is 0.319 e. The van der Waals surface area contributed by atoms with E-state index in [-0.39, 0.29) is 18.0 Å². The number of carbonyl (C=O) groups excluding carboxylic acids is 2. The second-order valence-corrected chi connectivity index (χ2v) is 8.97. The summed E-state index contributed by atoms with van der Waals surface area (Å²) in [4.78, 5) is 27.4. The molecule has 32 heavy (non-hydrogen) atoms. The first-order chi connectivity index (χ1) is 15.5.